The van der Waals surface area contributed by atoms with Crippen molar-refractivity contribution in [1.82, 2.24) is 15.5 Å². The van der Waals surface area contributed by atoms with E-state index < -0.39 is 0 Å². The van der Waals surface area contributed by atoms with Crippen molar-refractivity contribution in [3.63, 3.8) is 0 Å². The van der Waals surface area contributed by atoms with Crippen LogP contribution in [0.1, 0.15) is 34.3 Å². The molecule has 1 heterocycles. The number of carbonyl (C=O) groups excluding carboxylic acids is 1. The molecule has 0 spiro atoms. The summed E-state index contributed by atoms with van der Waals surface area (Å²) in [6.45, 7) is 3.66. The zero-order valence-corrected chi connectivity index (χ0v) is 12.5. The van der Waals surface area contributed by atoms with Gasteiger partial charge < -0.3 is 15.5 Å². The maximum atomic E-state index is 12.3. The lowest BCUT2D eigenvalue weighted by Gasteiger charge is -2.20. The molecule has 0 bridgehead atoms. The molecule has 2 N–H and O–H groups in total. The summed E-state index contributed by atoms with van der Waals surface area (Å²) in [7, 11) is 4.14. The molecular weight excluding hydrogens is 250 g/mol. The first kappa shape index (κ1) is 15.0. The van der Waals surface area contributed by atoms with E-state index in [1.165, 1.54) is 11.1 Å². The summed E-state index contributed by atoms with van der Waals surface area (Å²) in [4.78, 5) is 14.4. The summed E-state index contributed by atoms with van der Waals surface area (Å²) in [5.74, 6) is 0.0774. The third kappa shape index (κ3) is 4.05. The van der Waals surface area contributed by atoms with Crippen molar-refractivity contribution < 1.29 is 4.79 Å². The fraction of sp³-hybridized carbons (Fsp3) is 0.562. The van der Waals surface area contributed by atoms with Gasteiger partial charge in [-0.2, -0.15) is 0 Å². The second-order valence-electron chi connectivity index (χ2n) is 5.64. The molecule has 1 aliphatic rings. The number of hydrogen-bond acceptors (Lipinski definition) is 3. The normalized spacial score (nSPS) is 14.2. The fourth-order valence-corrected chi connectivity index (χ4v) is 2.59. The zero-order chi connectivity index (χ0) is 14.4. The monoisotopic (exact) mass is 275 g/mol. The van der Waals surface area contributed by atoms with Crippen molar-refractivity contribution in [3.8, 4) is 0 Å². The van der Waals surface area contributed by atoms with Gasteiger partial charge >= 0.3 is 0 Å². The Labute approximate surface area is 121 Å². The van der Waals surface area contributed by atoms with Crippen molar-refractivity contribution in [2.45, 2.75) is 25.8 Å². The molecule has 0 saturated carbocycles. The van der Waals surface area contributed by atoms with Crippen molar-refractivity contribution in [2.75, 3.05) is 33.7 Å². The highest BCUT2D eigenvalue weighted by Crippen LogP contribution is 2.18. The van der Waals surface area contributed by atoms with Crippen LogP contribution in [0.3, 0.4) is 0 Å². The third-order valence-corrected chi connectivity index (χ3v) is 3.70. The maximum absolute atomic E-state index is 12.3. The first-order valence-electron chi connectivity index (χ1n) is 7.43. The lowest BCUT2D eigenvalue weighted by Crippen LogP contribution is -2.30. The number of benzene rings is 1. The van der Waals surface area contributed by atoms with E-state index in [-0.39, 0.29) is 5.91 Å². The summed E-state index contributed by atoms with van der Waals surface area (Å²) < 4.78 is 0. The third-order valence-electron chi connectivity index (χ3n) is 3.70. The van der Waals surface area contributed by atoms with Crippen LogP contribution in [-0.4, -0.2) is 44.5 Å². The second kappa shape index (κ2) is 7.41. The topological polar surface area (TPSA) is 44.4 Å². The number of rotatable bonds is 6. The Morgan fingerprint density at radius 3 is 3.00 bits per heavy atom. The predicted molar refractivity (Wildman–Crippen MR) is 82.0 cm³/mol. The lowest BCUT2D eigenvalue weighted by atomic mass is 9.95. The van der Waals surface area contributed by atoms with Crippen LogP contribution >= 0.6 is 0 Å². The van der Waals surface area contributed by atoms with E-state index in [1.54, 1.807) is 0 Å². The van der Waals surface area contributed by atoms with Crippen molar-refractivity contribution >= 4 is 5.91 Å². The molecule has 4 nitrogen and oxygen atoms in total. The smallest absolute Gasteiger partial charge is 0.251 e. The number of hydrogen-bond donors (Lipinski definition) is 2. The Hall–Kier alpha value is -1.39. The number of amides is 1. The molecule has 0 aliphatic carbocycles. The van der Waals surface area contributed by atoms with Gasteiger partial charge in [0.1, 0.15) is 0 Å². The first-order chi connectivity index (χ1) is 9.68. The summed E-state index contributed by atoms with van der Waals surface area (Å²) >= 11 is 0. The van der Waals surface area contributed by atoms with Crippen LogP contribution in [0.2, 0.25) is 0 Å². The summed E-state index contributed by atoms with van der Waals surface area (Å²) in [6.07, 6.45) is 3.09. The predicted octanol–water partition coefficient (Wildman–Crippen LogP) is 1.40. The molecule has 1 amide bonds. The molecule has 0 unspecified atom stereocenters. The lowest BCUT2D eigenvalue weighted by molar-refractivity contribution is 0.0951. The molecular formula is C16H25N3O. The average Bonchev–Trinajstić information content (AvgIpc) is 2.45. The maximum Gasteiger partial charge on any atom is 0.251 e. The fourth-order valence-electron chi connectivity index (χ4n) is 2.59. The zero-order valence-electron chi connectivity index (χ0n) is 12.5. The van der Waals surface area contributed by atoms with Crippen LogP contribution in [0.4, 0.5) is 0 Å². The van der Waals surface area contributed by atoms with Crippen LogP contribution in [0, 0.1) is 0 Å². The number of nitrogens with one attached hydrogen (secondary N) is 2. The van der Waals surface area contributed by atoms with Gasteiger partial charge in [-0.05, 0) is 63.6 Å². The Bertz CT molecular complexity index is 457. The molecule has 0 radical (unpaired) electrons. The Balaban J connectivity index is 1.86. The highest BCUT2D eigenvalue weighted by atomic mass is 16.1. The van der Waals surface area contributed by atoms with Crippen molar-refractivity contribution in [1.29, 1.82) is 0 Å². The van der Waals surface area contributed by atoms with Crippen LogP contribution in [0.25, 0.3) is 0 Å². The molecule has 20 heavy (non-hydrogen) atoms. The van der Waals surface area contributed by atoms with Gasteiger partial charge in [0.15, 0.2) is 0 Å². The van der Waals surface area contributed by atoms with Gasteiger partial charge in [0.05, 0.1) is 0 Å². The van der Waals surface area contributed by atoms with Gasteiger partial charge in [-0.25, -0.2) is 0 Å². The van der Waals surface area contributed by atoms with E-state index in [4.69, 9.17) is 0 Å². The first-order valence-corrected chi connectivity index (χ1v) is 7.43. The minimum absolute atomic E-state index is 0.0774. The van der Waals surface area contributed by atoms with E-state index in [0.717, 1.165) is 51.0 Å². The SMILES string of the molecule is CN(C)CCCCNC(=O)c1cccc2c1CCNC2. The molecule has 4 heteroatoms. The van der Waals surface area contributed by atoms with E-state index in [9.17, 15) is 4.79 Å². The molecule has 0 atom stereocenters. The highest BCUT2D eigenvalue weighted by Gasteiger charge is 2.16. The van der Waals surface area contributed by atoms with Gasteiger partial charge in [-0.3, -0.25) is 4.79 Å². The van der Waals surface area contributed by atoms with Gasteiger partial charge in [-0.15, -0.1) is 0 Å². The summed E-state index contributed by atoms with van der Waals surface area (Å²) in [5, 5.41) is 6.39. The van der Waals surface area contributed by atoms with Crippen molar-refractivity contribution in [2.24, 2.45) is 0 Å². The minimum Gasteiger partial charge on any atom is -0.352 e. The minimum atomic E-state index is 0.0774. The van der Waals surface area contributed by atoms with Gasteiger partial charge in [0, 0.05) is 18.7 Å². The summed E-state index contributed by atoms with van der Waals surface area (Å²) in [5.41, 5.74) is 3.34. The molecule has 2 rings (SSSR count). The van der Waals surface area contributed by atoms with Crippen LogP contribution in [-0.2, 0) is 13.0 Å². The standard InChI is InChI=1S/C16H25N3O/c1-19(2)11-4-3-9-18-16(20)15-7-5-6-13-12-17-10-8-14(13)15/h5-7,17H,3-4,8-12H2,1-2H3,(H,18,20). The molecule has 0 saturated heterocycles. The molecule has 1 aromatic carbocycles. The van der Waals surface area contributed by atoms with Gasteiger partial charge in [-0.1, -0.05) is 12.1 Å². The number of unbranched alkanes of at least 4 members (excludes halogenated alkanes) is 1. The Morgan fingerprint density at radius 2 is 2.20 bits per heavy atom. The van der Waals surface area contributed by atoms with E-state index in [2.05, 4.69) is 35.7 Å². The molecule has 0 aromatic heterocycles. The van der Waals surface area contributed by atoms with Gasteiger partial charge in [0.25, 0.3) is 5.91 Å². The van der Waals surface area contributed by atoms with Crippen LogP contribution in [0.5, 0.6) is 0 Å². The molecule has 1 aromatic rings. The van der Waals surface area contributed by atoms with Crippen molar-refractivity contribution in [3.05, 3.63) is 34.9 Å². The second-order valence-corrected chi connectivity index (χ2v) is 5.64. The molecule has 110 valence electrons. The molecule has 1 aliphatic heterocycles. The summed E-state index contributed by atoms with van der Waals surface area (Å²) in [6, 6.07) is 6.03. The number of fused-ring (bicyclic) bond motifs is 1. The molecule has 0 fully saturated rings. The quantitative estimate of drug-likeness (QED) is 0.772. The Morgan fingerprint density at radius 1 is 1.35 bits per heavy atom. The number of carbonyl (C=O) groups is 1. The highest BCUT2D eigenvalue weighted by molar-refractivity contribution is 5.96. The Kier molecular flexibility index (Phi) is 5.56. The average molecular weight is 275 g/mol. The van der Waals surface area contributed by atoms with Gasteiger partial charge in [0.2, 0.25) is 0 Å². The van der Waals surface area contributed by atoms with Crippen LogP contribution in [0.15, 0.2) is 18.2 Å². The van der Waals surface area contributed by atoms with Crippen LogP contribution < -0.4 is 10.6 Å². The van der Waals surface area contributed by atoms with E-state index >= 15 is 0 Å². The van der Waals surface area contributed by atoms with E-state index in [0.29, 0.717) is 0 Å². The number of nitrogens with zero attached hydrogens (tertiary/aromatic N) is 1. The largest absolute Gasteiger partial charge is 0.352 e. The van der Waals surface area contributed by atoms with E-state index in [1.807, 2.05) is 12.1 Å².